The fourth-order valence-corrected chi connectivity index (χ4v) is 3.91. The zero-order valence-corrected chi connectivity index (χ0v) is 15.6. The highest BCUT2D eigenvalue weighted by Crippen LogP contribution is 2.36. The summed E-state index contributed by atoms with van der Waals surface area (Å²) in [6.45, 7) is 3.06. The van der Waals surface area contributed by atoms with Crippen LogP contribution in [-0.4, -0.2) is 24.4 Å². The molecule has 0 aliphatic carbocycles. The number of thioether (sulfide) groups is 2. The van der Waals surface area contributed by atoms with Crippen LogP contribution in [0.15, 0.2) is 34.1 Å². The average Bonchev–Trinajstić information content (AvgIpc) is 2.58. The van der Waals surface area contributed by atoms with Crippen molar-refractivity contribution in [3.05, 3.63) is 47.0 Å². The van der Waals surface area contributed by atoms with Gasteiger partial charge >= 0.3 is 0 Å². The molecule has 142 valence electrons. The van der Waals surface area contributed by atoms with Gasteiger partial charge in [0.1, 0.15) is 0 Å². The van der Waals surface area contributed by atoms with E-state index in [0.29, 0.717) is 10.5 Å². The van der Waals surface area contributed by atoms with E-state index in [-0.39, 0.29) is 16.0 Å². The number of benzene rings is 2. The molecule has 0 spiro atoms. The van der Waals surface area contributed by atoms with Crippen molar-refractivity contribution in [1.82, 2.24) is 0 Å². The lowest BCUT2D eigenvalue weighted by molar-refractivity contribution is 0.176. The molecule has 8 heteroatoms. The standard InChI is InChI=1S/C18H16F6S2/c1-9-3-4-11(5-13(9)25-7-15(19)20)12-6-14(26-8-16(21)22)10(2)17(23)18(12)24/h3-6,15-16H,7-8H2,1-2H3. The number of hydrogen-bond donors (Lipinski definition) is 0. The molecule has 0 aliphatic rings. The summed E-state index contributed by atoms with van der Waals surface area (Å²) in [5.41, 5.74) is 0.933. The van der Waals surface area contributed by atoms with Crippen molar-refractivity contribution in [1.29, 1.82) is 0 Å². The Balaban J connectivity index is 2.45. The quantitative estimate of drug-likeness (QED) is 0.357. The number of alkyl halides is 4. The van der Waals surface area contributed by atoms with Crippen LogP contribution in [0.25, 0.3) is 11.1 Å². The maximum Gasteiger partial charge on any atom is 0.247 e. The van der Waals surface area contributed by atoms with E-state index in [1.807, 2.05) is 0 Å². The summed E-state index contributed by atoms with van der Waals surface area (Å²) < 4.78 is 78.4. The van der Waals surface area contributed by atoms with Crippen LogP contribution >= 0.6 is 23.5 Å². The van der Waals surface area contributed by atoms with E-state index >= 15 is 0 Å². The molecule has 0 atom stereocenters. The first-order valence-electron chi connectivity index (χ1n) is 7.62. The summed E-state index contributed by atoms with van der Waals surface area (Å²) in [7, 11) is 0. The highest BCUT2D eigenvalue weighted by molar-refractivity contribution is 7.99. The average molecular weight is 410 g/mol. The fourth-order valence-electron chi connectivity index (χ4n) is 2.28. The number of rotatable bonds is 7. The molecular formula is C18H16F6S2. The third-order valence-corrected chi connectivity index (χ3v) is 5.96. The Bertz CT molecular complexity index is 777. The van der Waals surface area contributed by atoms with E-state index in [4.69, 9.17) is 0 Å². The molecule has 0 aliphatic heterocycles. The second-order valence-corrected chi connectivity index (χ2v) is 7.68. The maximum absolute atomic E-state index is 14.4. The van der Waals surface area contributed by atoms with Crippen LogP contribution in [-0.2, 0) is 0 Å². The molecule has 2 rings (SSSR count). The lowest BCUT2D eigenvalue weighted by atomic mass is 10.0. The Hall–Kier alpha value is -1.28. The van der Waals surface area contributed by atoms with Gasteiger partial charge < -0.3 is 0 Å². The van der Waals surface area contributed by atoms with Gasteiger partial charge in [-0.2, -0.15) is 0 Å². The highest BCUT2D eigenvalue weighted by Gasteiger charge is 2.19. The van der Waals surface area contributed by atoms with Gasteiger partial charge in [0, 0.05) is 20.9 Å². The lowest BCUT2D eigenvalue weighted by Crippen LogP contribution is -2.00. The number of aryl methyl sites for hydroxylation is 1. The van der Waals surface area contributed by atoms with Crippen LogP contribution in [0.3, 0.4) is 0 Å². The zero-order chi connectivity index (χ0) is 19.4. The lowest BCUT2D eigenvalue weighted by Gasteiger charge is -2.14. The molecular weight excluding hydrogens is 394 g/mol. The molecule has 0 fully saturated rings. The Kier molecular flexibility index (Phi) is 7.34. The fraction of sp³-hybridized carbons (Fsp3) is 0.333. The van der Waals surface area contributed by atoms with Crippen LogP contribution in [0.1, 0.15) is 11.1 Å². The highest BCUT2D eigenvalue weighted by atomic mass is 32.2. The van der Waals surface area contributed by atoms with Gasteiger partial charge in [-0.15, -0.1) is 23.5 Å². The number of hydrogen-bond acceptors (Lipinski definition) is 2. The van der Waals surface area contributed by atoms with Gasteiger partial charge in [0.2, 0.25) is 12.9 Å². The SMILES string of the molecule is Cc1ccc(-c2cc(SCC(F)F)c(C)c(F)c2F)cc1SCC(F)F. The third kappa shape index (κ3) is 5.13. The summed E-state index contributed by atoms with van der Waals surface area (Å²) >= 11 is 1.67. The van der Waals surface area contributed by atoms with Gasteiger partial charge in [-0.25, -0.2) is 26.3 Å². The Labute approximate surface area is 156 Å². The molecule has 0 amide bonds. The molecule has 0 nitrogen and oxygen atoms in total. The van der Waals surface area contributed by atoms with E-state index in [1.54, 1.807) is 19.1 Å². The van der Waals surface area contributed by atoms with Crippen molar-refractivity contribution < 1.29 is 26.3 Å². The monoisotopic (exact) mass is 410 g/mol. The minimum absolute atomic E-state index is 0.0312. The Morgan fingerprint density at radius 3 is 1.96 bits per heavy atom. The van der Waals surface area contributed by atoms with Crippen LogP contribution in [0.5, 0.6) is 0 Å². The first-order valence-corrected chi connectivity index (χ1v) is 9.59. The van der Waals surface area contributed by atoms with Crippen LogP contribution in [0.2, 0.25) is 0 Å². The molecule has 2 aromatic carbocycles. The van der Waals surface area contributed by atoms with Crippen molar-refractivity contribution in [2.75, 3.05) is 11.5 Å². The van der Waals surface area contributed by atoms with Crippen molar-refractivity contribution in [3.63, 3.8) is 0 Å². The molecule has 0 aromatic heterocycles. The largest absolute Gasteiger partial charge is 0.247 e. The topological polar surface area (TPSA) is 0 Å². The van der Waals surface area contributed by atoms with E-state index in [2.05, 4.69) is 0 Å². The van der Waals surface area contributed by atoms with Crippen LogP contribution < -0.4 is 0 Å². The molecule has 0 radical (unpaired) electrons. The predicted octanol–water partition coefficient (Wildman–Crippen LogP) is 6.96. The molecule has 26 heavy (non-hydrogen) atoms. The third-order valence-electron chi connectivity index (χ3n) is 3.63. The van der Waals surface area contributed by atoms with Crippen molar-refractivity contribution in [3.8, 4) is 11.1 Å². The van der Waals surface area contributed by atoms with E-state index in [0.717, 1.165) is 29.1 Å². The summed E-state index contributed by atoms with van der Waals surface area (Å²) in [6, 6.07) is 6.02. The Morgan fingerprint density at radius 2 is 1.38 bits per heavy atom. The summed E-state index contributed by atoms with van der Waals surface area (Å²) in [6.07, 6.45) is -5.07. The summed E-state index contributed by atoms with van der Waals surface area (Å²) in [5, 5.41) is 0. The first kappa shape index (κ1) is 21.0. The number of halogens is 6. The van der Waals surface area contributed by atoms with Crippen LogP contribution in [0.4, 0.5) is 26.3 Å². The zero-order valence-electron chi connectivity index (χ0n) is 14.0. The predicted molar refractivity (Wildman–Crippen MR) is 94.7 cm³/mol. The second kappa shape index (κ2) is 9.08. The van der Waals surface area contributed by atoms with Gasteiger partial charge in [0.25, 0.3) is 0 Å². The van der Waals surface area contributed by atoms with Crippen LogP contribution in [0, 0.1) is 25.5 Å². The molecule has 0 bridgehead atoms. The van der Waals surface area contributed by atoms with Gasteiger partial charge in [-0.05, 0) is 37.1 Å². The van der Waals surface area contributed by atoms with E-state index in [9.17, 15) is 26.3 Å². The molecule has 2 aromatic rings. The smallest absolute Gasteiger partial charge is 0.210 e. The van der Waals surface area contributed by atoms with Gasteiger partial charge in [-0.3, -0.25) is 0 Å². The van der Waals surface area contributed by atoms with Gasteiger partial charge in [0.05, 0.1) is 11.5 Å². The van der Waals surface area contributed by atoms with E-state index < -0.39 is 36.0 Å². The molecule has 0 saturated carbocycles. The second-order valence-electron chi connectivity index (χ2n) is 5.56. The first-order chi connectivity index (χ1) is 12.2. The molecule has 0 N–H and O–H groups in total. The van der Waals surface area contributed by atoms with Crippen molar-refractivity contribution >= 4 is 23.5 Å². The van der Waals surface area contributed by atoms with Crippen molar-refractivity contribution in [2.24, 2.45) is 0 Å². The van der Waals surface area contributed by atoms with E-state index in [1.165, 1.54) is 19.1 Å². The molecule has 0 heterocycles. The van der Waals surface area contributed by atoms with Gasteiger partial charge in [0.15, 0.2) is 11.6 Å². The summed E-state index contributed by atoms with van der Waals surface area (Å²) in [4.78, 5) is 0.756. The maximum atomic E-state index is 14.4. The van der Waals surface area contributed by atoms with Crippen molar-refractivity contribution in [2.45, 2.75) is 36.5 Å². The minimum Gasteiger partial charge on any atom is -0.210 e. The minimum atomic E-state index is -2.58. The van der Waals surface area contributed by atoms with Gasteiger partial charge in [-0.1, -0.05) is 12.1 Å². The molecule has 0 unspecified atom stereocenters. The molecule has 0 saturated heterocycles. The Morgan fingerprint density at radius 1 is 0.808 bits per heavy atom. The normalized spacial score (nSPS) is 11.6. The summed E-state index contributed by atoms with van der Waals surface area (Å²) in [5.74, 6) is -3.13.